The van der Waals surface area contributed by atoms with Gasteiger partial charge in [-0.1, -0.05) is 0 Å². The number of aliphatic imine (C=N–C) groups is 1. The van der Waals surface area contributed by atoms with Crippen molar-refractivity contribution in [1.82, 2.24) is 10.2 Å². The summed E-state index contributed by atoms with van der Waals surface area (Å²) in [7, 11) is -2.82. The maximum Gasteiger partial charge on any atom is 0.194 e. The number of nitrogens with zero attached hydrogens (tertiary/aromatic N) is 2. The van der Waals surface area contributed by atoms with Gasteiger partial charge in [-0.25, -0.2) is 8.42 Å². The summed E-state index contributed by atoms with van der Waals surface area (Å²) in [4.78, 5) is 7.09. The Labute approximate surface area is 162 Å². The third kappa shape index (κ3) is 6.01. The highest BCUT2D eigenvalue weighted by Gasteiger charge is 2.28. The van der Waals surface area contributed by atoms with Gasteiger partial charge in [0.25, 0.3) is 0 Å². The molecule has 3 heterocycles. The maximum atomic E-state index is 11.6. The van der Waals surface area contributed by atoms with Crippen LogP contribution in [0.25, 0.3) is 0 Å². The van der Waals surface area contributed by atoms with Crippen LogP contribution < -0.4 is 5.32 Å². The third-order valence-electron chi connectivity index (χ3n) is 4.99. The summed E-state index contributed by atoms with van der Waals surface area (Å²) in [6.07, 6.45) is 7.00. The van der Waals surface area contributed by atoms with Crippen LogP contribution in [0.4, 0.5) is 0 Å². The van der Waals surface area contributed by atoms with E-state index >= 15 is 0 Å². The molecule has 0 aromatic carbocycles. The molecule has 0 amide bonds. The van der Waals surface area contributed by atoms with E-state index in [1.165, 1.54) is 19.3 Å². The SMILES string of the molecule is I.O=S1(=O)CCC(CN=C(NCC2CCCO2)N2CCCCC2)C1. The van der Waals surface area contributed by atoms with Crippen LogP contribution >= 0.6 is 24.0 Å². The van der Waals surface area contributed by atoms with Crippen molar-refractivity contribution >= 4 is 39.8 Å². The Hall–Kier alpha value is -0.0900. The molecule has 0 aliphatic carbocycles. The van der Waals surface area contributed by atoms with E-state index in [0.717, 1.165) is 51.5 Å². The Morgan fingerprint density at radius 3 is 2.58 bits per heavy atom. The summed E-state index contributed by atoms with van der Waals surface area (Å²) >= 11 is 0. The van der Waals surface area contributed by atoms with E-state index in [1.54, 1.807) is 0 Å². The lowest BCUT2D eigenvalue weighted by Gasteiger charge is -2.31. The minimum Gasteiger partial charge on any atom is -0.376 e. The fourth-order valence-electron chi connectivity index (χ4n) is 3.62. The molecular formula is C16H30IN3O3S. The number of halogens is 1. The second-order valence-electron chi connectivity index (χ2n) is 7.00. The first-order valence-electron chi connectivity index (χ1n) is 8.98. The molecule has 24 heavy (non-hydrogen) atoms. The molecule has 0 saturated carbocycles. The highest BCUT2D eigenvalue weighted by molar-refractivity contribution is 14.0. The van der Waals surface area contributed by atoms with E-state index in [1.807, 2.05) is 0 Å². The van der Waals surface area contributed by atoms with Gasteiger partial charge < -0.3 is 15.0 Å². The van der Waals surface area contributed by atoms with Crippen molar-refractivity contribution in [3.63, 3.8) is 0 Å². The zero-order valence-corrected chi connectivity index (χ0v) is 17.4. The van der Waals surface area contributed by atoms with E-state index in [9.17, 15) is 8.42 Å². The Kier molecular flexibility index (Phi) is 8.06. The van der Waals surface area contributed by atoms with Crippen LogP contribution in [0.5, 0.6) is 0 Å². The van der Waals surface area contributed by atoms with Gasteiger partial charge in [0, 0.05) is 32.8 Å². The molecule has 0 aromatic rings. The van der Waals surface area contributed by atoms with Crippen molar-refractivity contribution in [2.24, 2.45) is 10.9 Å². The van der Waals surface area contributed by atoms with Crippen molar-refractivity contribution in [1.29, 1.82) is 0 Å². The van der Waals surface area contributed by atoms with Gasteiger partial charge in [-0.2, -0.15) is 0 Å². The largest absolute Gasteiger partial charge is 0.376 e. The number of nitrogens with one attached hydrogen (secondary N) is 1. The van der Waals surface area contributed by atoms with Crippen molar-refractivity contribution < 1.29 is 13.2 Å². The monoisotopic (exact) mass is 471 g/mol. The smallest absolute Gasteiger partial charge is 0.194 e. The van der Waals surface area contributed by atoms with E-state index in [0.29, 0.717) is 18.1 Å². The summed E-state index contributed by atoms with van der Waals surface area (Å²) in [5.41, 5.74) is 0. The third-order valence-corrected chi connectivity index (χ3v) is 6.83. The van der Waals surface area contributed by atoms with Gasteiger partial charge in [0.15, 0.2) is 15.8 Å². The molecule has 8 heteroatoms. The van der Waals surface area contributed by atoms with Crippen LogP contribution in [-0.2, 0) is 14.6 Å². The first-order valence-corrected chi connectivity index (χ1v) is 10.8. The van der Waals surface area contributed by atoms with Gasteiger partial charge in [0.1, 0.15) is 0 Å². The first-order chi connectivity index (χ1) is 11.1. The Bertz CT molecular complexity index is 515. The van der Waals surface area contributed by atoms with E-state index in [4.69, 9.17) is 9.73 Å². The van der Waals surface area contributed by atoms with Crippen molar-refractivity contribution in [3.8, 4) is 0 Å². The van der Waals surface area contributed by atoms with Crippen LogP contribution in [-0.4, -0.2) is 69.7 Å². The molecule has 3 rings (SSSR count). The van der Waals surface area contributed by atoms with Gasteiger partial charge in [0.2, 0.25) is 0 Å². The number of hydrogen-bond donors (Lipinski definition) is 1. The summed E-state index contributed by atoms with van der Waals surface area (Å²) in [5, 5.41) is 3.48. The second-order valence-corrected chi connectivity index (χ2v) is 9.23. The predicted octanol–water partition coefficient (Wildman–Crippen LogP) is 1.65. The quantitative estimate of drug-likeness (QED) is 0.384. The Morgan fingerprint density at radius 1 is 1.17 bits per heavy atom. The zero-order valence-electron chi connectivity index (χ0n) is 14.3. The predicted molar refractivity (Wildman–Crippen MR) is 107 cm³/mol. The molecule has 2 unspecified atom stereocenters. The standard InChI is InChI=1S/C16H29N3O3S.HI/c20-23(21)10-6-14(13-23)11-17-16(19-7-2-1-3-8-19)18-12-15-5-4-9-22-15;/h14-15H,1-13H2,(H,17,18);1H. The molecule has 140 valence electrons. The second kappa shape index (κ2) is 9.56. The molecule has 3 aliphatic heterocycles. The number of sulfone groups is 1. The normalized spacial score (nSPS) is 30.2. The first kappa shape index (κ1) is 20.2. The maximum absolute atomic E-state index is 11.6. The minimum atomic E-state index is -2.82. The van der Waals surface area contributed by atoms with E-state index < -0.39 is 9.84 Å². The Balaban J connectivity index is 0.00000208. The lowest BCUT2D eigenvalue weighted by Crippen LogP contribution is -2.46. The van der Waals surface area contributed by atoms with Crippen molar-refractivity contribution in [2.75, 3.05) is 44.3 Å². The van der Waals surface area contributed by atoms with Gasteiger partial charge >= 0.3 is 0 Å². The highest BCUT2D eigenvalue weighted by atomic mass is 127. The molecule has 3 fully saturated rings. The minimum absolute atomic E-state index is 0. The van der Waals surface area contributed by atoms with E-state index in [2.05, 4.69) is 10.2 Å². The number of piperidine rings is 1. The molecule has 6 nitrogen and oxygen atoms in total. The topological polar surface area (TPSA) is 71.0 Å². The molecule has 3 saturated heterocycles. The Morgan fingerprint density at radius 2 is 1.96 bits per heavy atom. The summed E-state index contributed by atoms with van der Waals surface area (Å²) in [6.45, 7) is 4.37. The number of likely N-dealkylation sites (tertiary alicyclic amines) is 1. The molecule has 0 spiro atoms. The van der Waals surface area contributed by atoms with Crippen LogP contribution in [0.1, 0.15) is 38.5 Å². The highest BCUT2D eigenvalue weighted by Crippen LogP contribution is 2.19. The summed E-state index contributed by atoms with van der Waals surface area (Å²) in [6, 6.07) is 0. The zero-order chi connectivity index (χ0) is 16.1. The molecule has 3 aliphatic rings. The molecule has 0 bridgehead atoms. The number of hydrogen-bond acceptors (Lipinski definition) is 4. The molecule has 1 N–H and O–H groups in total. The average Bonchev–Trinajstić information content (AvgIpc) is 3.17. The molecule has 0 radical (unpaired) electrons. The summed E-state index contributed by atoms with van der Waals surface area (Å²) in [5.74, 6) is 1.76. The lowest BCUT2D eigenvalue weighted by molar-refractivity contribution is 0.113. The van der Waals surface area contributed by atoms with E-state index in [-0.39, 0.29) is 36.0 Å². The fraction of sp³-hybridized carbons (Fsp3) is 0.938. The van der Waals surface area contributed by atoms with Crippen LogP contribution in [0.15, 0.2) is 4.99 Å². The van der Waals surface area contributed by atoms with Crippen molar-refractivity contribution in [3.05, 3.63) is 0 Å². The lowest BCUT2D eigenvalue weighted by atomic mass is 10.1. The molecule has 2 atom stereocenters. The number of rotatable bonds is 4. The summed E-state index contributed by atoms with van der Waals surface area (Å²) < 4.78 is 28.9. The molecular weight excluding hydrogens is 441 g/mol. The van der Waals surface area contributed by atoms with Gasteiger partial charge in [-0.3, -0.25) is 4.99 Å². The van der Waals surface area contributed by atoms with Crippen molar-refractivity contribution in [2.45, 2.75) is 44.6 Å². The number of guanidine groups is 1. The van der Waals surface area contributed by atoms with Crippen LogP contribution in [0, 0.1) is 5.92 Å². The number of ether oxygens (including phenoxy) is 1. The van der Waals surface area contributed by atoms with Crippen LogP contribution in [0.3, 0.4) is 0 Å². The van der Waals surface area contributed by atoms with Crippen LogP contribution in [0.2, 0.25) is 0 Å². The van der Waals surface area contributed by atoms with Gasteiger partial charge in [0.05, 0.1) is 17.6 Å². The molecule has 0 aromatic heterocycles. The fourth-order valence-corrected chi connectivity index (χ4v) is 5.46. The van der Waals surface area contributed by atoms with Gasteiger partial charge in [-0.05, 0) is 44.4 Å². The van der Waals surface area contributed by atoms with Gasteiger partial charge in [-0.15, -0.1) is 24.0 Å². The average molecular weight is 471 g/mol.